The first-order valence-corrected chi connectivity index (χ1v) is 3.81. The molecular formula is C8H8ClNO2. The van der Waals surface area contributed by atoms with Gasteiger partial charge in [0.1, 0.15) is 11.8 Å². The molecule has 0 fully saturated rings. The molecule has 0 radical (unpaired) electrons. The van der Waals surface area contributed by atoms with Gasteiger partial charge in [-0.25, -0.2) is 4.98 Å². The van der Waals surface area contributed by atoms with Crippen molar-refractivity contribution >= 4 is 17.6 Å². The minimum atomic E-state index is -0.322. The molecule has 1 aromatic heterocycles. The van der Waals surface area contributed by atoms with E-state index in [0.29, 0.717) is 10.8 Å². The van der Waals surface area contributed by atoms with Crippen molar-refractivity contribution in [3.63, 3.8) is 0 Å². The predicted molar refractivity (Wildman–Crippen MR) is 44.7 cm³/mol. The van der Waals surface area contributed by atoms with Gasteiger partial charge in [0.2, 0.25) is 0 Å². The van der Waals surface area contributed by atoms with Gasteiger partial charge in [0.05, 0.1) is 5.69 Å². The number of hydrogen-bond donors (Lipinski definition) is 0. The highest BCUT2D eigenvalue weighted by atomic mass is 35.5. The molecule has 0 amide bonds. The average Bonchev–Trinajstić information content (AvgIpc) is 2.01. The number of nitrogens with zero attached hydrogens (tertiary/aromatic N) is 1. The maximum Gasteiger partial charge on any atom is 0.303 e. The fourth-order valence-electron chi connectivity index (χ4n) is 0.706. The van der Waals surface area contributed by atoms with Crippen molar-refractivity contribution in [2.75, 3.05) is 0 Å². The number of ether oxygens (including phenoxy) is 1. The fraction of sp³-hybridized carbons (Fsp3) is 0.250. The third-order valence-corrected chi connectivity index (χ3v) is 1.41. The van der Waals surface area contributed by atoms with Crippen molar-refractivity contribution in [3.8, 4) is 0 Å². The van der Waals surface area contributed by atoms with Crippen LogP contribution in [0.3, 0.4) is 0 Å². The molecule has 0 aliphatic heterocycles. The highest BCUT2D eigenvalue weighted by Crippen LogP contribution is 2.05. The number of rotatable bonds is 2. The van der Waals surface area contributed by atoms with Crippen molar-refractivity contribution < 1.29 is 9.53 Å². The van der Waals surface area contributed by atoms with Gasteiger partial charge in [0.25, 0.3) is 0 Å². The Kier molecular flexibility index (Phi) is 3.05. The Morgan fingerprint density at radius 2 is 2.42 bits per heavy atom. The summed E-state index contributed by atoms with van der Waals surface area (Å²) in [4.78, 5) is 14.4. The highest BCUT2D eigenvalue weighted by Gasteiger charge is 1.97. The highest BCUT2D eigenvalue weighted by molar-refractivity contribution is 6.29. The molecule has 1 aromatic rings. The molecule has 64 valence electrons. The maximum absolute atomic E-state index is 10.4. The lowest BCUT2D eigenvalue weighted by Crippen LogP contribution is -2.00. The summed E-state index contributed by atoms with van der Waals surface area (Å²) in [6.45, 7) is 1.53. The van der Waals surface area contributed by atoms with Crippen LogP contribution in [0.4, 0.5) is 0 Å². The maximum atomic E-state index is 10.4. The Morgan fingerprint density at radius 1 is 1.67 bits per heavy atom. The first kappa shape index (κ1) is 9.00. The molecule has 4 heteroatoms. The zero-order valence-electron chi connectivity index (χ0n) is 6.58. The average molecular weight is 186 g/mol. The minimum absolute atomic E-state index is 0.176. The van der Waals surface area contributed by atoms with E-state index in [-0.39, 0.29) is 12.6 Å². The topological polar surface area (TPSA) is 39.2 Å². The molecule has 0 aromatic carbocycles. The third kappa shape index (κ3) is 2.88. The molecule has 0 spiro atoms. The van der Waals surface area contributed by atoms with Gasteiger partial charge in [0.15, 0.2) is 0 Å². The summed E-state index contributed by atoms with van der Waals surface area (Å²) in [5, 5.41) is 0.402. The van der Waals surface area contributed by atoms with Crippen LogP contribution in [-0.2, 0) is 16.1 Å². The second kappa shape index (κ2) is 4.07. The lowest BCUT2D eigenvalue weighted by molar-refractivity contribution is -0.142. The van der Waals surface area contributed by atoms with E-state index in [1.165, 1.54) is 6.92 Å². The number of carbonyl (C=O) groups is 1. The molecule has 0 saturated heterocycles. The van der Waals surface area contributed by atoms with Crippen LogP contribution in [0, 0.1) is 0 Å². The third-order valence-electron chi connectivity index (χ3n) is 1.20. The van der Waals surface area contributed by atoms with Crippen LogP contribution < -0.4 is 0 Å². The molecule has 0 saturated carbocycles. The Labute approximate surface area is 75.3 Å². The normalized spacial score (nSPS) is 9.50. The zero-order chi connectivity index (χ0) is 8.97. The molecule has 0 N–H and O–H groups in total. The smallest absolute Gasteiger partial charge is 0.303 e. The summed E-state index contributed by atoms with van der Waals surface area (Å²) in [5.41, 5.74) is 0.651. The monoisotopic (exact) mass is 185 g/mol. The predicted octanol–water partition coefficient (Wildman–Crippen LogP) is 1.80. The zero-order valence-corrected chi connectivity index (χ0v) is 7.34. The number of esters is 1. The van der Waals surface area contributed by atoms with Gasteiger partial charge in [-0.1, -0.05) is 17.7 Å². The van der Waals surface area contributed by atoms with Crippen molar-refractivity contribution in [2.45, 2.75) is 13.5 Å². The number of carbonyl (C=O) groups excluding carboxylic acids is 1. The molecule has 0 unspecified atom stereocenters. The molecule has 0 atom stereocenters. The number of hydrogen-bond acceptors (Lipinski definition) is 3. The standard InChI is InChI=1S/C8H8ClNO2/c1-6(11)12-5-7-3-2-4-8(9)10-7/h2-4H,5H2,1H3. The van der Waals surface area contributed by atoms with Gasteiger partial charge in [0, 0.05) is 6.92 Å². The largest absolute Gasteiger partial charge is 0.459 e. The van der Waals surface area contributed by atoms with Crippen molar-refractivity contribution in [1.82, 2.24) is 4.98 Å². The van der Waals surface area contributed by atoms with Crippen LogP contribution in [0.25, 0.3) is 0 Å². The number of pyridine rings is 1. The summed E-state index contributed by atoms with van der Waals surface area (Å²) < 4.78 is 4.72. The van der Waals surface area contributed by atoms with Crippen LogP contribution in [0.2, 0.25) is 5.15 Å². The van der Waals surface area contributed by atoms with E-state index in [1.54, 1.807) is 18.2 Å². The molecule has 3 nitrogen and oxygen atoms in total. The Hall–Kier alpha value is -1.09. The Balaban J connectivity index is 2.57. The summed E-state index contributed by atoms with van der Waals surface area (Å²) in [7, 11) is 0. The Bertz CT molecular complexity index is 288. The van der Waals surface area contributed by atoms with Crippen molar-refractivity contribution in [2.24, 2.45) is 0 Å². The van der Waals surface area contributed by atoms with E-state index in [1.807, 2.05) is 0 Å². The lowest BCUT2D eigenvalue weighted by Gasteiger charge is -2.00. The first-order chi connectivity index (χ1) is 5.68. The van der Waals surface area contributed by atoms with Crippen LogP contribution in [0.1, 0.15) is 12.6 Å². The van der Waals surface area contributed by atoms with Gasteiger partial charge in [-0.2, -0.15) is 0 Å². The lowest BCUT2D eigenvalue weighted by atomic mass is 10.4. The van der Waals surface area contributed by atoms with E-state index in [9.17, 15) is 4.79 Å². The van der Waals surface area contributed by atoms with Crippen LogP contribution in [0.15, 0.2) is 18.2 Å². The minimum Gasteiger partial charge on any atom is -0.459 e. The second-order valence-corrected chi connectivity index (χ2v) is 2.62. The first-order valence-electron chi connectivity index (χ1n) is 3.43. The van der Waals surface area contributed by atoms with Crippen molar-refractivity contribution in [3.05, 3.63) is 29.0 Å². The number of aromatic nitrogens is 1. The molecule has 1 rings (SSSR count). The van der Waals surface area contributed by atoms with Crippen LogP contribution in [-0.4, -0.2) is 11.0 Å². The van der Waals surface area contributed by atoms with Gasteiger partial charge in [-0.15, -0.1) is 0 Å². The van der Waals surface area contributed by atoms with Gasteiger partial charge >= 0.3 is 5.97 Å². The van der Waals surface area contributed by atoms with Crippen molar-refractivity contribution in [1.29, 1.82) is 0 Å². The summed E-state index contributed by atoms with van der Waals surface area (Å²) >= 11 is 5.61. The van der Waals surface area contributed by atoms with Gasteiger partial charge < -0.3 is 4.74 Å². The van der Waals surface area contributed by atoms with Gasteiger partial charge in [-0.05, 0) is 12.1 Å². The van der Waals surface area contributed by atoms with E-state index in [2.05, 4.69) is 4.98 Å². The quantitative estimate of drug-likeness (QED) is 0.521. The van der Waals surface area contributed by atoms with E-state index >= 15 is 0 Å². The molecular weight excluding hydrogens is 178 g/mol. The van der Waals surface area contributed by atoms with Crippen LogP contribution >= 0.6 is 11.6 Å². The Morgan fingerprint density at radius 3 is 3.00 bits per heavy atom. The SMILES string of the molecule is CC(=O)OCc1cccc(Cl)n1. The summed E-state index contributed by atoms with van der Waals surface area (Å²) in [6.07, 6.45) is 0. The van der Waals surface area contributed by atoms with Crippen LogP contribution in [0.5, 0.6) is 0 Å². The molecule has 0 aliphatic rings. The molecule has 1 heterocycles. The molecule has 12 heavy (non-hydrogen) atoms. The fourth-order valence-corrected chi connectivity index (χ4v) is 0.888. The summed E-state index contributed by atoms with van der Waals surface area (Å²) in [6, 6.07) is 5.17. The molecule has 0 aliphatic carbocycles. The van der Waals surface area contributed by atoms with E-state index in [4.69, 9.17) is 16.3 Å². The number of halogens is 1. The van der Waals surface area contributed by atoms with Gasteiger partial charge in [-0.3, -0.25) is 4.79 Å². The van der Waals surface area contributed by atoms with E-state index in [0.717, 1.165) is 0 Å². The second-order valence-electron chi connectivity index (χ2n) is 2.23. The van der Waals surface area contributed by atoms with E-state index < -0.39 is 0 Å². The summed E-state index contributed by atoms with van der Waals surface area (Å²) in [5.74, 6) is -0.322. The molecule has 0 bridgehead atoms.